The van der Waals surface area contributed by atoms with Gasteiger partial charge in [-0.1, -0.05) is 40.9 Å². The molecule has 0 saturated carbocycles. The van der Waals surface area contributed by atoms with Crippen molar-refractivity contribution in [2.45, 2.75) is 0 Å². The van der Waals surface area contributed by atoms with Gasteiger partial charge in [0, 0.05) is 35.2 Å². The van der Waals surface area contributed by atoms with Gasteiger partial charge in [-0.25, -0.2) is 0 Å². The highest BCUT2D eigenvalue weighted by Gasteiger charge is 2.18. The number of halogens is 3. The number of hydrogen-bond donors (Lipinski definition) is 0. The second-order valence-corrected chi connectivity index (χ2v) is 6.13. The predicted octanol–water partition coefficient (Wildman–Crippen LogP) is 5.91. The van der Waals surface area contributed by atoms with Crippen molar-refractivity contribution < 1.29 is 0 Å². The summed E-state index contributed by atoms with van der Waals surface area (Å²) in [5.74, 6) is 0. The van der Waals surface area contributed by atoms with Gasteiger partial charge in [0.2, 0.25) is 0 Å². The summed E-state index contributed by atoms with van der Waals surface area (Å²) in [6, 6.07) is 13.4. The molecule has 1 aromatic heterocycles. The Balaban J connectivity index is 2.22. The van der Waals surface area contributed by atoms with Gasteiger partial charge in [0.15, 0.2) is 0 Å². The van der Waals surface area contributed by atoms with E-state index < -0.39 is 0 Å². The minimum atomic E-state index is 0.662. The first kappa shape index (κ1) is 14.6. The molecule has 0 spiro atoms. The van der Waals surface area contributed by atoms with Gasteiger partial charge in [0.1, 0.15) is 5.15 Å². The molecule has 0 aliphatic rings. The minimum Gasteiger partial charge on any atom is -0.342 e. The number of benzene rings is 2. The summed E-state index contributed by atoms with van der Waals surface area (Å²) in [4.78, 5) is 2.03. The van der Waals surface area contributed by atoms with E-state index in [1.807, 2.05) is 66.0 Å². The first-order valence-corrected chi connectivity index (χ1v) is 7.55. The van der Waals surface area contributed by atoms with Crippen molar-refractivity contribution in [2.24, 2.45) is 7.05 Å². The maximum Gasteiger partial charge on any atom is 0.133 e. The zero-order chi connectivity index (χ0) is 15.1. The average molecular weight is 340 g/mol. The minimum absolute atomic E-state index is 0.662. The lowest BCUT2D eigenvalue weighted by Gasteiger charge is -2.19. The SMILES string of the molecule is CN(c1cccc(Cl)c1)c1c(Cl)n(C)c2cc(Cl)ccc12. The molecule has 0 saturated heterocycles. The van der Waals surface area contributed by atoms with E-state index in [1.165, 1.54) is 0 Å². The van der Waals surface area contributed by atoms with Crippen molar-refractivity contribution in [1.82, 2.24) is 4.57 Å². The van der Waals surface area contributed by atoms with Gasteiger partial charge < -0.3 is 9.47 Å². The van der Waals surface area contributed by atoms with Crippen LogP contribution in [0.15, 0.2) is 42.5 Å². The Hall–Kier alpha value is -1.35. The quantitative estimate of drug-likeness (QED) is 0.563. The second kappa shape index (κ2) is 5.45. The van der Waals surface area contributed by atoms with Crippen LogP contribution in [0.4, 0.5) is 11.4 Å². The molecular weight excluding hydrogens is 327 g/mol. The molecule has 3 aromatic rings. The topological polar surface area (TPSA) is 8.17 Å². The van der Waals surface area contributed by atoms with E-state index in [0.717, 1.165) is 22.3 Å². The van der Waals surface area contributed by atoms with Crippen molar-refractivity contribution >= 4 is 57.1 Å². The molecule has 2 nitrogen and oxygen atoms in total. The van der Waals surface area contributed by atoms with Gasteiger partial charge in [0.05, 0.1) is 11.2 Å². The van der Waals surface area contributed by atoms with E-state index in [2.05, 4.69) is 0 Å². The summed E-state index contributed by atoms with van der Waals surface area (Å²) in [6.45, 7) is 0. The largest absolute Gasteiger partial charge is 0.342 e. The second-order valence-electron chi connectivity index (χ2n) is 4.90. The third-order valence-corrected chi connectivity index (χ3v) is 4.50. The summed E-state index contributed by atoms with van der Waals surface area (Å²) in [5.41, 5.74) is 2.91. The number of hydrogen-bond acceptors (Lipinski definition) is 1. The fourth-order valence-electron chi connectivity index (χ4n) is 2.49. The standard InChI is InChI=1S/C16H13Cl3N2/c1-20(12-5-3-4-10(17)8-12)15-13-7-6-11(18)9-14(13)21(2)16(15)19/h3-9H,1-2H3. The fraction of sp³-hybridized carbons (Fsp3) is 0.125. The maximum atomic E-state index is 6.52. The Morgan fingerprint density at radius 2 is 1.67 bits per heavy atom. The van der Waals surface area contributed by atoms with E-state index in [0.29, 0.717) is 15.2 Å². The highest BCUT2D eigenvalue weighted by molar-refractivity contribution is 6.36. The highest BCUT2D eigenvalue weighted by atomic mass is 35.5. The fourth-order valence-corrected chi connectivity index (χ4v) is 3.16. The number of aromatic nitrogens is 1. The van der Waals surface area contributed by atoms with Crippen LogP contribution in [0.3, 0.4) is 0 Å². The molecule has 0 N–H and O–H groups in total. The number of fused-ring (bicyclic) bond motifs is 1. The third-order valence-electron chi connectivity index (χ3n) is 3.60. The molecule has 2 aromatic carbocycles. The number of aryl methyl sites for hydroxylation is 1. The maximum absolute atomic E-state index is 6.52. The Morgan fingerprint density at radius 3 is 2.38 bits per heavy atom. The monoisotopic (exact) mass is 338 g/mol. The van der Waals surface area contributed by atoms with Crippen LogP contribution in [-0.2, 0) is 7.05 Å². The number of rotatable bonds is 2. The van der Waals surface area contributed by atoms with E-state index in [4.69, 9.17) is 34.8 Å². The highest BCUT2D eigenvalue weighted by Crippen LogP contribution is 2.40. The average Bonchev–Trinajstić information content (AvgIpc) is 2.70. The lowest BCUT2D eigenvalue weighted by Crippen LogP contribution is -2.09. The molecule has 0 radical (unpaired) electrons. The molecular formula is C16H13Cl3N2. The van der Waals surface area contributed by atoms with Crippen molar-refractivity contribution in [1.29, 1.82) is 0 Å². The van der Waals surface area contributed by atoms with Gasteiger partial charge in [-0.15, -0.1) is 0 Å². The van der Waals surface area contributed by atoms with Gasteiger partial charge >= 0.3 is 0 Å². The van der Waals surface area contributed by atoms with Crippen molar-refractivity contribution in [2.75, 3.05) is 11.9 Å². The predicted molar refractivity (Wildman–Crippen MR) is 92.5 cm³/mol. The van der Waals surface area contributed by atoms with Crippen LogP contribution in [0.5, 0.6) is 0 Å². The van der Waals surface area contributed by atoms with E-state index >= 15 is 0 Å². The zero-order valence-electron chi connectivity index (χ0n) is 11.6. The molecule has 0 amide bonds. The molecule has 0 aliphatic carbocycles. The van der Waals surface area contributed by atoms with Crippen LogP contribution < -0.4 is 4.90 Å². The van der Waals surface area contributed by atoms with E-state index in [9.17, 15) is 0 Å². The first-order valence-electron chi connectivity index (χ1n) is 6.42. The van der Waals surface area contributed by atoms with Crippen LogP contribution in [0.1, 0.15) is 0 Å². The zero-order valence-corrected chi connectivity index (χ0v) is 13.8. The molecule has 0 bridgehead atoms. The summed E-state index contributed by atoms with van der Waals surface area (Å²) in [5, 5.41) is 3.10. The summed E-state index contributed by atoms with van der Waals surface area (Å²) < 4.78 is 1.93. The lowest BCUT2D eigenvalue weighted by atomic mass is 10.2. The smallest absolute Gasteiger partial charge is 0.133 e. The molecule has 0 unspecified atom stereocenters. The number of anilines is 2. The van der Waals surface area contributed by atoms with E-state index in [1.54, 1.807) is 0 Å². The molecule has 3 rings (SSSR count). The summed E-state index contributed by atoms with van der Waals surface area (Å²) in [7, 11) is 3.90. The lowest BCUT2D eigenvalue weighted by molar-refractivity contribution is 0.966. The van der Waals surface area contributed by atoms with Gasteiger partial charge in [-0.05, 0) is 36.4 Å². The van der Waals surface area contributed by atoms with Crippen molar-refractivity contribution in [3.05, 3.63) is 57.7 Å². The van der Waals surface area contributed by atoms with Crippen LogP contribution in [-0.4, -0.2) is 11.6 Å². The van der Waals surface area contributed by atoms with Crippen LogP contribution in [0, 0.1) is 0 Å². The number of nitrogens with zero attached hydrogens (tertiary/aromatic N) is 2. The van der Waals surface area contributed by atoms with Gasteiger partial charge in [-0.3, -0.25) is 0 Å². The molecule has 21 heavy (non-hydrogen) atoms. The third kappa shape index (κ3) is 2.48. The summed E-state index contributed by atoms with van der Waals surface area (Å²) >= 11 is 18.7. The van der Waals surface area contributed by atoms with Crippen LogP contribution >= 0.6 is 34.8 Å². The first-order chi connectivity index (χ1) is 9.99. The van der Waals surface area contributed by atoms with Crippen molar-refractivity contribution in [3.63, 3.8) is 0 Å². The molecule has 1 heterocycles. The summed E-state index contributed by atoms with van der Waals surface area (Å²) in [6.07, 6.45) is 0. The normalized spacial score (nSPS) is 11.1. The molecule has 0 fully saturated rings. The molecule has 0 aliphatic heterocycles. The van der Waals surface area contributed by atoms with Crippen molar-refractivity contribution in [3.8, 4) is 0 Å². The van der Waals surface area contributed by atoms with E-state index in [-0.39, 0.29) is 0 Å². The molecule has 0 atom stereocenters. The van der Waals surface area contributed by atoms with Crippen LogP contribution in [0.2, 0.25) is 15.2 Å². The van der Waals surface area contributed by atoms with Gasteiger partial charge in [0.25, 0.3) is 0 Å². The Bertz CT molecular complexity index is 824. The molecule has 108 valence electrons. The van der Waals surface area contributed by atoms with Gasteiger partial charge in [-0.2, -0.15) is 0 Å². The molecule has 5 heteroatoms. The Kier molecular flexibility index (Phi) is 3.78. The van der Waals surface area contributed by atoms with Crippen LogP contribution in [0.25, 0.3) is 10.9 Å². The Morgan fingerprint density at radius 1 is 0.952 bits per heavy atom. The Labute approximate surface area is 138 Å².